The van der Waals surface area contributed by atoms with Gasteiger partial charge in [0, 0.05) is 12.5 Å². The maximum Gasteiger partial charge on any atom is 0.416 e. The van der Waals surface area contributed by atoms with Gasteiger partial charge < -0.3 is 9.05 Å². The van der Waals surface area contributed by atoms with Crippen LogP contribution in [0, 0.1) is 0 Å². The van der Waals surface area contributed by atoms with E-state index in [4.69, 9.17) is 9.05 Å². The predicted molar refractivity (Wildman–Crippen MR) is 84.9 cm³/mol. The van der Waals surface area contributed by atoms with Crippen molar-refractivity contribution in [3.63, 3.8) is 0 Å². The molecule has 0 saturated carbocycles. The van der Waals surface area contributed by atoms with E-state index in [9.17, 15) is 13.2 Å². The van der Waals surface area contributed by atoms with Crippen LogP contribution in [-0.2, 0) is 19.1 Å². The molecule has 6 nitrogen and oxygen atoms in total. The van der Waals surface area contributed by atoms with Crippen molar-refractivity contribution >= 4 is 0 Å². The van der Waals surface area contributed by atoms with Crippen molar-refractivity contribution in [2.45, 2.75) is 32.1 Å². The average molecular weight is 366 g/mol. The molecule has 3 rings (SSSR count). The smallest absolute Gasteiger partial charge is 0.364 e. The fraction of sp³-hybridized carbons (Fsp3) is 0.353. The van der Waals surface area contributed by atoms with Gasteiger partial charge in [-0.15, -0.1) is 0 Å². The lowest BCUT2D eigenvalue weighted by atomic mass is 10.1. The highest BCUT2D eigenvalue weighted by Crippen LogP contribution is 2.29. The summed E-state index contributed by atoms with van der Waals surface area (Å²) < 4.78 is 48.4. The molecule has 138 valence electrons. The van der Waals surface area contributed by atoms with Gasteiger partial charge in [-0.2, -0.15) is 18.2 Å². The Bertz CT molecular complexity index is 846. The molecule has 0 aliphatic heterocycles. The topological polar surface area (TPSA) is 68.2 Å². The highest BCUT2D eigenvalue weighted by Gasteiger charge is 2.30. The Kier molecular flexibility index (Phi) is 5.08. The summed E-state index contributed by atoms with van der Waals surface area (Å²) in [6.07, 6.45) is -2.71. The molecule has 0 spiro atoms. The zero-order chi connectivity index (χ0) is 18.7. The van der Waals surface area contributed by atoms with E-state index in [0.29, 0.717) is 23.8 Å². The van der Waals surface area contributed by atoms with Crippen LogP contribution >= 0.6 is 0 Å². The Morgan fingerprint density at radius 2 is 2.00 bits per heavy atom. The molecular formula is C17H17F3N4O2. The maximum atomic E-state index is 12.8. The standard InChI is InChI=1S/C17H17F3N4O2/c1-11(14-6-7-25-22-14)24(2)10-16-21-15(23-26-16)9-12-4-3-5-13(8-12)17(18,19)20/h3-8,11H,9-10H2,1-2H3/t11-/m0/s1. The molecule has 0 bridgehead atoms. The van der Waals surface area contributed by atoms with Crippen molar-refractivity contribution in [3.8, 4) is 0 Å². The molecule has 0 aliphatic carbocycles. The van der Waals surface area contributed by atoms with Crippen LogP contribution in [0.3, 0.4) is 0 Å². The minimum absolute atomic E-state index is 0.0208. The van der Waals surface area contributed by atoms with Gasteiger partial charge in [0.25, 0.3) is 0 Å². The molecule has 1 atom stereocenters. The summed E-state index contributed by atoms with van der Waals surface area (Å²) in [5.41, 5.74) is 0.549. The van der Waals surface area contributed by atoms with Crippen LogP contribution in [0.4, 0.5) is 13.2 Å². The van der Waals surface area contributed by atoms with Crippen LogP contribution in [0.2, 0.25) is 0 Å². The molecule has 9 heteroatoms. The molecule has 0 amide bonds. The van der Waals surface area contributed by atoms with E-state index in [1.54, 1.807) is 12.1 Å². The third-order valence-electron chi connectivity index (χ3n) is 4.06. The van der Waals surface area contributed by atoms with E-state index in [0.717, 1.165) is 17.8 Å². The molecule has 0 N–H and O–H groups in total. The lowest BCUT2D eigenvalue weighted by Gasteiger charge is -2.20. The van der Waals surface area contributed by atoms with Crippen molar-refractivity contribution in [3.05, 3.63) is 65.1 Å². The normalized spacial score (nSPS) is 13.3. The van der Waals surface area contributed by atoms with E-state index >= 15 is 0 Å². The minimum Gasteiger partial charge on any atom is -0.364 e. The van der Waals surface area contributed by atoms with E-state index in [1.807, 2.05) is 18.9 Å². The molecule has 0 fully saturated rings. The van der Waals surface area contributed by atoms with Gasteiger partial charge in [0.15, 0.2) is 5.82 Å². The third kappa shape index (κ3) is 4.29. The molecule has 0 radical (unpaired) electrons. The van der Waals surface area contributed by atoms with Gasteiger partial charge in [-0.1, -0.05) is 28.5 Å². The van der Waals surface area contributed by atoms with Gasteiger partial charge in [0.05, 0.1) is 18.2 Å². The summed E-state index contributed by atoms with van der Waals surface area (Å²) in [5.74, 6) is 0.714. The van der Waals surface area contributed by atoms with Gasteiger partial charge >= 0.3 is 6.18 Å². The van der Waals surface area contributed by atoms with Crippen LogP contribution in [0.15, 0.2) is 45.6 Å². The van der Waals surface area contributed by atoms with E-state index in [2.05, 4.69) is 15.3 Å². The van der Waals surface area contributed by atoms with Gasteiger partial charge in [-0.05, 0) is 25.6 Å². The predicted octanol–water partition coefficient (Wildman–Crippen LogP) is 3.86. The van der Waals surface area contributed by atoms with Crippen molar-refractivity contribution in [2.24, 2.45) is 0 Å². The SMILES string of the molecule is C[C@@H](c1ccon1)N(C)Cc1nc(Cc2cccc(C(F)(F)F)c2)no1. The molecule has 0 saturated heterocycles. The molecule has 3 aromatic rings. The van der Waals surface area contributed by atoms with Crippen LogP contribution < -0.4 is 0 Å². The summed E-state index contributed by atoms with van der Waals surface area (Å²) in [7, 11) is 1.87. The second kappa shape index (κ2) is 7.28. The monoisotopic (exact) mass is 366 g/mol. The summed E-state index contributed by atoms with van der Waals surface area (Å²) in [4.78, 5) is 6.20. The Morgan fingerprint density at radius 1 is 1.19 bits per heavy atom. The summed E-state index contributed by atoms with van der Waals surface area (Å²) in [5, 5.41) is 7.74. The van der Waals surface area contributed by atoms with Crippen LogP contribution in [0.25, 0.3) is 0 Å². The number of hydrogen-bond acceptors (Lipinski definition) is 6. The van der Waals surface area contributed by atoms with Gasteiger partial charge in [0.1, 0.15) is 12.0 Å². The second-order valence-corrected chi connectivity index (χ2v) is 5.99. The summed E-state index contributed by atoms with van der Waals surface area (Å²) in [6, 6.07) is 6.85. The quantitative estimate of drug-likeness (QED) is 0.660. The number of rotatable bonds is 6. The molecule has 2 heterocycles. The van der Waals surface area contributed by atoms with Crippen LogP contribution in [0.1, 0.15) is 41.5 Å². The highest BCUT2D eigenvalue weighted by atomic mass is 19.4. The fourth-order valence-electron chi connectivity index (χ4n) is 2.48. The molecule has 0 aliphatic rings. The number of halogens is 3. The zero-order valence-electron chi connectivity index (χ0n) is 14.2. The summed E-state index contributed by atoms with van der Waals surface area (Å²) >= 11 is 0. The van der Waals surface area contributed by atoms with Crippen molar-refractivity contribution in [2.75, 3.05) is 7.05 Å². The van der Waals surface area contributed by atoms with E-state index in [1.165, 1.54) is 12.3 Å². The first-order valence-corrected chi connectivity index (χ1v) is 7.91. The molecule has 1 aromatic carbocycles. The van der Waals surface area contributed by atoms with Crippen molar-refractivity contribution < 1.29 is 22.2 Å². The lowest BCUT2D eigenvalue weighted by molar-refractivity contribution is -0.137. The first kappa shape index (κ1) is 18.1. The minimum atomic E-state index is -4.38. The Morgan fingerprint density at radius 3 is 2.69 bits per heavy atom. The average Bonchev–Trinajstić information content (AvgIpc) is 3.26. The van der Waals surface area contributed by atoms with Gasteiger partial charge in [0.2, 0.25) is 5.89 Å². The Balaban J connectivity index is 1.65. The number of aromatic nitrogens is 3. The molecule has 0 unspecified atom stereocenters. The number of nitrogens with zero attached hydrogens (tertiary/aromatic N) is 4. The zero-order valence-corrected chi connectivity index (χ0v) is 14.2. The maximum absolute atomic E-state index is 12.8. The first-order valence-electron chi connectivity index (χ1n) is 7.91. The van der Waals surface area contributed by atoms with Crippen LogP contribution in [0.5, 0.6) is 0 Å². The van der Waals surface area contributed by atoms with Crippen molar-refractivity contribution in [1.29, 1.82) is 0 Å². The molecular weight excluding hydrogens is 349 g/mol. The van der Waals surface area contributed by atoms with Crippen LogP contribution in [-0.4, -0.2) is 27.2 Å². The Labute approximate surface area is 147 Å². The highest BCUT2D eigenvalue weighted by molar-refractivity contribution is 5.27. The number of alkyl halides is 3. The van der Waals surface area contributed by atoms with E-state index in [-0.39, 0.29) is 12.5 Å². The second-order valence-electron chi connectivity index (χ2n) is 5.99. The van der Waals surface area contributed by atoms with E-state index < -0.39 is 11.7 Å². The molecule has 26 heavy (non-hydrogen) atoms. The van der Waals surface area contributed by atoms with Gasteiger partial charge in [-0.3, -0.25) is 4.90 Å². The lowest BCUT2D eigenvalue weighted by Crippen LogP contribution is -2.22. The largest absolute Gasteiger partial charge is 0.416 e. The number of benzene rings is 1. The fourth-order valence-corrected chi connectivity index (χ4v) is 2.48. The number of hydrogen-bond donors (Lipinski definition) is 0. The third-order valence-corrected chi connectivity index (χ3v) is 4.06. The summed E-state index contributed by atoms with van der Waals surface area (Å²) in [6.45, 7) is 2.33. The van der Waals surface area contributed by atoms with Gasteiger partial charge in [-0.25, -0.2) is 0 Å². The molecule has 2 aromatic heterocycles. The first-order chi connectivity index (χ1) is 12.3. The van der Waals surface area contributed by atoms with Crippen molar-refractivity contribution in [1.82, 2.24) is 20.2 Å². The Hall–Kier alpha value is -2.68.